The predicted molar refractivity (Wildman–Crippen MR) is 81.6 cm³/mol. The van der Waals surface area contributed by atoms with Gasteiger partial charge in [-0.3, -0.25) is 0 Å². The van der Waals surface area contributed by atoms with Gasteiger partial charge in [-0.1, -0.05) is 15.9 Å². The van der Waals surface area contributed by atoms with Crippen LogP contribution in [0.15, 0.2) is 22.7 Å². The van der Waals surface area contributed by atoms with Crippen molar-refractivity contribution in [2.45, 2.75) is 37.7 Å². The number of hydrogen-bond donors (Lipinski definition) is 1. The molecular weight excluding hydrogens is 316 g/mol. The van der Waals surface area contributed by atoms with Crippen LogP contribution in [0.4, 0.5) is 0 Å². The smallest absolute Gasteiger partial charge is 0.120 e. The largest absolute Gasteiger partial charge is 0.497 e. The van der Waals surface area contributed by atoms with E-state index >= 15 is 0 Å². The normalized spacial score (nSPS) is 42.0. The van der Waals surface area contributed by atoms with Gasteiger partial charge in [0.25, 0.3) is 0 Å². The molecule has 108 valence electrons. The zero-order chi connectivity index (χ0) is 13.9. The average Bonchev–Trinajstić information content (AvgIpc) is 2.43. The Bertz CT molecular complexity index is 512. The summed E-state index contributed by atoms with van der Waals surface area (Å²) in [5.74, 6) is 3.45. The Morgan fingerprint density at radius 1 is 1.05 bits per heavy atom. The van der Waals surface area contributed by atoms with Crippen LogP contribution < -0.4 is 4.74 Å². The molecule has 4 saturated carbocycles. The van der Waals surface area contributed by atoms with E-state index in [1.165, 1.54) is 32.1 Å². The van der Waals surface area contributed by atoms with Crippen molar-refractivity contribution in [1.82, 2.24) is 0 Å². The number of hydrogen-bond acceptors (Lipinski definition) is 2. The van der Waals surface area contributed by atoms with E-state index in [1.807, 2.05) is 12.1 Å². The van der Waals surface area contributed by atoms with Crippen LogP contribution in [0.1, 0.15) is 37.7 Å². The molecule has 1 aromatic rings. The first-order valence-electron chi connectivity index (χ1n) is 7.67. The number of rotatable bonds is 2. The zero-order valence-corrected chi connectivity index (χ0v) is 13.4. The summed E-state index contributed by atoms with van der Waals surface area (Å²) in [5.41, 5.74) is 0.419. The summed E-state index contributed by atoms with van der Waals surface area (Å²) in [6, 6.07) is 6.08. The van der Waals surface area contributed by atoms with Gasteiger partial charge in [0.05, 0.1) is 12.7 Å². The summed E-state index contributed by atoms with van der Waals surface area (Å²) in [6.07, 6.45) is 6.23. The summed E-state index contributed by atoms with van der Waals surface area (Å²) < 4.78 is 6.38. The lowest BCUT2D eigenvalue weighted by Gasteiger charge is -2.59. The zero-order valence-electron chi connectivity index (χ0n) is 11.8. The Morgan fingerprint density at radius 2 is 1.65 bits per heavy atom. The first-order chi connectivity index (χ1) is 9.59. The quantitative estimate of drug-likeness (QED) is 0.880. The number of aliphatic hydroxyl groups is 1. The lowest BCUT2D eigenvalue weighted by molar-refractivity contribution is -0.179. The van der Waals surface area contributed by atoms with E-state index in [9.17, 15) is 5.11 Å². The molecule has 0 atom stereocenters. The Hall–Kier alpha value is -0.540. The van der Waals surface area contributed by atoms with E-state index < -0.39 is 5.60 Å². The monoisotopic (exact) mass is 336 g/mol. The Labute approximate surface area is 128 Å². The molecule has 0 heterocycles. The van der Waals surface area contributed by atoms with Crippen LogP contribution in [0.25, 0.3) is 0 Å². The van der Waals surface area contributed by atoms with Gasteiger partial charge in [-0.2, -0.15) is 0 Å². The summed E-state index contributed by atoms with van der Waals surface area (Å²) in [5, 5.41) is 11.5. The van der Waals surface area contributed by atoms with Crippen LogP contribution in [0.5, 0.6) is 5.75 Å². The van der Waals surface area contributed by atoms with Crippen LogP contribution in [0.3, 0.4) is 0 Å². The Kier molecular flexibility index (Phi) is 2.94. The molecule has 4 aliphatic rings. The van der Waals surface area contributed by atoms with Gasteiger partial charge < -0.3 is 9.84 Å². The number of benzene rings is 1. The second-order valence-electron chi connectivity index (χ2n) is 7.01. The third kappa shape index (κ3) is 1.79. The molecule has 20 heavy (non-hydrogen) atoms. The third-order valence-electron chi connectivity index (χ3n) is 5.95. The van der Waals surface area contributed by atoms with Crippen molar-refractivity contribution in [3.8, 4) is 5.75 Å². The maximum Gasteiger partial charge on any atom is 0.120 e. The highest BCUT2D eigenvalue weighted by Gasteiger charge is 2.57. The molecule has 3 heteroatoms. The SMILES string of the molecule is COc1cc(Br)cc(C2(O)C3CC4CC(C3)CC2C4)c1. The highest BCUT2D eigenvalue weighted by molar-refractivity contribution is 9.10. The molecule has 0 amide bonds. The molecule has 0 radical (unpaired) electrons. The van der Waals surface area contributed by atoms with Crippen molar-refractivity contribution >= 4 is 15.9 Å². The highest BCUT2D eigenvalue weighted by Crippen LogP contribution is 2.62. The van der Waals surface area contributed by atoms with Crippen molar-refractivity contribution in [3.05, 3.63) is 28.2 Å². The average molecular weight is 337 g/mol. The van der Waals surface area contributed by atoms with E-state index in [2.05, 4.69) is 22.0 Å². The van der Waals surface area contributed by atoms with Gasteiger partial charge >= 0.3 is 0 Å². The topological polar surface area (TPSA) is 29.5 Å². The fraction of sp³-hybridized carbons (Fsp3) is 0.647. The number of halogens is 1. The van der Waals surface area contributed by atoms with Crippen LogP contribution in [0.2, 0.25) is 0 Å². The fourth-order valence-corrected chi connectivity index (χ4v) is 5.76. The van der Waals surface area contributed by atoms with Crippen molar-refractivity contribution in [3.63, 3.8) is 0 Å². The van der Waals surface area contributed by atoms with Gasteiger partial charge in [-0.05, 0) is 79.5 Å². The van der Waals surface area contributed by atoms with Gasteiger partial charge in [0, 0.05) is 4.47 Å². The van der Waals surface area contributed by atoms with Crippen molar-refractivity contribution in [2.75, 3.05) is 7.11 Å². The second kappa shape index (κ2) is 4.48. The van der Waals surface area contributed by atoms with Crippen molar-refractivity contribution < 1.29 is 9.84 Å². The second-order valence-corrected chi connectivity index (χ2v) is 7.93. The Balaban J connectivity index is 1.78. The van der Waals surface area contributed by atoms with Crippen molar-refractivity contribution in [2.24, 2.45) is 23.7 Å². The molecule has 1 N–H and O–H groups in total. The molecule has 5 rings (SSSR count). The van der Waals surface area contributed by atoms with Gasteiger partial charge in [0.2, 0.25) is 0 Å². The van der Waals surface area contributed by atoms with Gasteiger partial charge in [0.15, 0.2) is 0 Å². The summed E-state index contributed by atoms with van der Waals surface area (Å²) in [7, 11) is 1.69. The molecule has 0 saturated heterocycles. The van der Waals surface area contributed by atoms with Gasteiger partial charge in [-0.15, -0.1) is 0 Å². The molecule has 4 fully saturated rings. The number of ether oxygens (including phenoxy) is 1. The van der Waals surface area contributed by atoms with Crippen LogP contribution in [-0.2, 0) is 5.60 Å². The molecule has 0 aromatic heterocycles. The minimum absolute atomic E-state index is 0.442. The van der Waals surface area contributed by atoms with Crippen molar-refractivity contribution in [1.29, 1.82) is 0 Å². The first kappa shape index (κ1) is 13.1. The van der Waals surface area contributed by atoms with Gasteiger partial charge in [0.1, 0.15) is 5.75 Å². The minimum atomic E-state index is -0.634. The van der Waals surface area contributed by atoms with Gasteiger partial charge in [-0.25, -0.2) is 0 Å². The lowest BCUT2D eigenvalue weighted by Crippen LogP contribution is -2.55. The standard InChI is InChI=1S/C17H21BrO2/c1-20-16-8-14(7-15(18)9-16)17(19)12-3-10-2-11(5-12)6-13(17)4-10/h7-13,19H,2-6H2,1H3. The van der Waals surface area contributed by atoms with E-state index in [-0.39, 0.29) is 0 Å². The molecule has 4 bridgehead atoms. The lowest BCUT2D eigenvalue weighted by atomic mass is 9.48. The van der Waals surface area contributed by atoms with E-state index in [1.54, 1.807) is 7.11 Å². The molecule has 4 aliphatic carbocycles. The maximum atomic E-state index is 11.5. The van der Waals surface area contributed by atoms with Crippen LogP contribution in [-0.4, -0.2) is 12.2 Å². The third-order valence-corrected chi connectivity index (χ3v) is 6.41. The molecule has 0 spiro atoms. The summed E-state index contributed by atoms with van der Waals surface area (Å²) in [6.45, 7) is 0. The minimum Gasteiger partial charge on any atom is -0.497 e. The van der Waals surface area contributed by atoms with Crippen LogP contribution >= 0.6 is 15.9 Å². The van der Waals surface area contributed by atoms with E-state index in [0.29, 0.717) is 11.8 Å². The first-order valence-corrected chi connectivity index (χ1v) is 8.46. The highest BCUT2D eigenvalue weighted by atomic mass is 79.9. The number of methoxy groups -OCH3 is 1. The van der Waals surface area contributed by atoms with E-state index in [4.69, 9.17) is 4.74 Å². The predicted octanol–water partition coefficient (Wildman–Crippen LogP) is 4.10. The fourth-order valence-electron chi connectivity index (χ4n) is 5.29. The summed E-state index contributed by atoms with van der Waals surface area (Å²) in [4.78, 5) is 0. The van der Waals surface area contributed by atoms with E-state index in [0.717, 1.165) is 27.6 Å². The molecular formula is C17H21BrO2. The molecule has 1 aromatic carbocycles. The molecule has 0 unspecified atom stereocenters. The maximum absolute atomic E-state index is 11.5. The molecule has 2 nitrogen and oxygen atoms in total. The molecule has 0 aliphatic heterocycles. The summed E-state index contributed by atoms with van der Waals surface area (Å²) >= 11 is 3.55. The van der Waals surface area contributed by atoms with Crippen LogP contribution in [0, 0.1) is 23.7 Å². The Morgan fingerprint density at radius 3 is 2.20 bits per heavy atom.